The standard InChI is InChI=1S/C38H19N3OS/c1-5-11-31-22(7-1)27-19-26-25-17-20(21-13-15-24-23-8-2-6-12-32(23)43-33(24)18-21)14-16-30(25)41-36(26)34(37(27)42-31)35-38(41)40-29-10-4-3-9-28(29)39-35/h1-19H. The first-order valence-corrected chi connectivity index (χ1v) is 15.2. The van der Waals surface area contributed by atoms with E-state index in [4.69, 9.17) is 14.4 Å². The SMILES string of the molecule is c1ccc2nc3c(nc2c1)c1c2oc4ccccc4c2cc2c4cc(-c5ccc6c(c5)sc5ccccc56)ccc4n3c21. The summed E-state index contributed by atoms with van der Waals surface area (Å²) < 4.78 is 11.5. The van der Waals surface area contributed by atoms with Crippen LogP contribution in [0.4, 0.5) is 0 Å². The molecule has 0 unspecified atom stereocenters. The second kappa shape index (κ2) is 7.65. The van der Waals surface area contributed by atoms with E-state index in [2.05, 4.69) is 83.3 Å². The lowest BCUT2D eigenvalue weighted by atomic mass is 10.00. The largest absolute Gasteiger partial charge is 0.455 e. The van der Waals surface area contributed by atoms with Crippen LogP contribution in [0.5, 0.6) is 0 Å². The molecule has 0 atom stereocenters. The van der Waals surface area contributed by atoms with Crippen molar-refractivity contribution < 1.29 is 4.42 Å². The van der Waals surface area contributed by atoms with E-state index in [1.807, 2.05) is 47.7 Å². The Hall–Kier alpha value is -5.52. The van der Waals surface area contributed by atoms with Crippen LogP contribution in [0.25, 0.3) is 103 Å². The molecule has 6 aromatic carbocycles. The number of para-hydroxylation sites is 3. The first-order chi connectivity index (χ1) is 21.3. The minimum atomic E-state index is 0.862. The summed E-state index contributed by atoms with van der Waals surface area (Å²) in [5.41, 5.74) is 9.94. The number of aromatic nitrogens is 3. The van der Waals surface area contributed by atoms with Crippen molar-refractivity contribution in [3.05, 3.63) is 115 Å². The lowest BCUT2D eigenvalue weighted by Crippen LogP contribution is -1.89. The van der Waals surface area contributed by atoms with Gasteiger partial charge in [-0.05, 0) is 59.7 Å². The molecule has 0 saturated heterocycles. The zero-order chi connectivity index (χ0) is 27.8. The van der Waals surface area contributed by atoms with Gasteiger partial charge in [0.2, 0.25) is 0 Å². The number of benzene rings is 6. The number of nitrogens with zero attached hydrogens (tertiary/aromatic N) is 3. The van der Waals surface area contributed by atoms with E-state index in [0.717, 1.165) is 60.6 Å². The fourth-order valence-electron chi connectivity index (χ4n) is 7.19. The minimum Gasteiger partial charge on any atom is -0.455 e. The van der Waals surface area contributed by atoms with Crippen LogP contribution in [0.2, 0.25) is 0 Å². The molecule has 43 heavy (non-hydrogen) atoms. The van der Waals surface area contributed by atoms with Crippen molar-refractivity contribution >= 4 is 103 Å². The average molecular weight is 566 g/mol. The average Bonchev–Trinajstić information content (AvgIpc) is 3.79. The second-order valence-corrected chi connectivity index (χ2v) is 12.5. The molecule has 0 aliphatic carbocycles. The normalized spacial score (nSPS) is 12.7. The van der Waals surface area contributed by atoms with E-state index >= 15 is 0 Å². The lowest BCUT2D eigenvalue weighted by Gasteiger charge is -2.05. The third-order valence-corrected chi connectivity index (χ3v) is 10.2. The molecule has 0 amide bonds. The van der Waals surface area contributed by atoms with Gasteiger partial charge < -0.3 is 4.42 Å². The van der Waals surface area contributed by atoms with Crippen LogP contribution in [0.3, 0.4) is 0 Å². The van der Waals surface area contributed by atoms with Crippen molar-refractivity contribution in [3.63, 3.8) is 0 Å². The highest BCUT2D eigenvalue weighted by atomic mass is 32.1. The van der Waals surface area contributed by atoms with Crippen molar-refractivity contribution in [1.82, 2.24) is 14.4 Å². The van der Waals surface area contributed by atoms with Gasteiger partial charge in [0.25, 0.3) is 0 Å². The van der Waals surface area contributed by atoms with E-state index in [-0.39, 0.29) is 0 Å². The van der Waals surface area contributed by atoms with Gasteiger partial charge in [-0.1, -0.05) is 66.7 Å². The van der Waals surface area contributed by atoms with E-state index < -0.39 is 0 Å². The minimum absolute atomic E-state index is 0.862. The maximum atomic E-state index is 6.56. The van der Waals surface area contributed by atoms with Crippen molar-refractivity contribution in [2.75, 3.05) is 0 Å². The summed E-state index contributed by atoms with van der Waals surface area (Å²) in [6, 6.07) is 41.1. The molecular weight excluding hydrogens is 547 g/mol. The second-order valence-electron chi connectivity index (χ2n) is 11.4. The number of rotatable bonds is 1. The number of thiophene rings is 1. The highest BCUT2D eigenvalue weighted by Crippen LogP contribution is 2.46. The Morgan fingerprint density at radius 1 is 0.558 bits per heavy atom. The fourth-order valence-corrected chi connectivity index (χ4v) is 8.34. The van der Waals surface area contributed by atoms with Gasteiger partial charge in [0, 0.05) is 41.7 Å². The van der Waals surface area contributed by atoms with Crippen LogP contribution in [0.1, 0.15) is 0 Å². The Labute approximate surface area is 247 Å². The Bertz CT molecular complexity index is 2960. The maximum absolute atomic E-state index is 6.56. The smallest absolute Gasteiger partial charge is 0.165 e. The van der Waals surface area contributed by atoms with Crippen molar-refractivity contribution in [2.24, 2.45) is 0 Å². The zero-order valence-corrected chi connectivity index (χ0v) is 23.4. The molecule has 0 spiro atoms. The molecular formula is C38H19N3OS. The summed E-state index contributed by atoms with van der Waals surface area (Å²) in [5.74, 6) is 0. The van der Waals surface area contributed by atoms with Gasteiger partial charge in [0.05, 0.1) is 27.5 Å². The van der Waals surface area contributed by atoms with Gasteiger partial charge in [-0.2, -0.15) is 0 Å². The molecule has 0 saturated carbocycles. The Kier molecular flexibility index (Phi) is 3.94. The molecule has 4 nitrogen and oxygen atoms in total. The van der Waals surface area contributed by atoms with E-state index in [1.54, 1.807) is 0 Å². The van der Waals surface area contributed by atoms with Crippen molar-refractivity contribution in [3.8, 4) is 11.1 Å². The molecule has 0 radical (unpaired) electrons. The van der Waals surface area contributed by atoms with Gasteiger partial charge in [-0.25, -0.2) is 9.97 Å². The van der Waals surface area contributed by atoms with E-state index in [0.29, 0.717) is 0 Å². The van der Waals surface area contributed by atoms with Crippen LogP contribution in [-0.4, -0.2) is 14.4 Å². The number of hydrogen-bond acceptors (Lipinski definition) is 4. The van der Waals surface area contributed by atoms with E-state index in [1.165, 1.54) is 42.1 Å². The molecule has 11 aromatic rings. The first kappa shape index (κ1) is 22.1. The molecule has 198 valence electrons. The Morgan fingerprint density at radius 2 is 1.30 bits per heavy atom. The molecule has 5 aromatic heterocycles. The number of fused-ring (bicyclic) bond motifs is 14. The Balaban J connectivity index is 1.28. The quantitative estimate of drug-likeness (QED) is 0.199. The highest BCUT2D eigenvalue weighted by Gasteiger charge is 2.25. The fraction of sp³-hybridized carbons (Fsp3) is 0. The molecule has 0 N–H and O–H groups in total. The summed E-state index contributed by atoms with van der Waals surface area (Å²) in [6.07, 6.45) is 0. The Morgan fingerprint density at radius 3 is 2.23 bits per heavy atom. The molecule has 0 bridgehead atoms. The lowest BCUT2D eigenvalue weighted by molar-refractivity contribution is 0.673. The highest BCUT2D eigenvalue weighted by molar-refractivity contribution is 7.25. The number of hydrogen-bond donors (Lipinski definition) is 0. The van der Waals surface area contributed by atoms with E-state index in [9.17, 15) is 0 Å². The van der Waals surface area contributed by atoms with Crippen LogP contribution in [-0.2, 0) is 0 Å². The third kappa shape index (κ3) is 2.75. The predicted octanol–water partition coefficient (Wildman–Crippen LogP) is 10.7. The van der Waals surface area contributed by atoms with Crippen LogP contribution in [0, 0.1) is 0 Å². The van der Waals surface area contributed by atoms with Crippen LogP contribution >= 0.6 is 11.3 Å². The summed E-state index contributed by atoms with van der Waals surface area (Å²) in [5, 5.41) is 8.29. The molecule has 11 rings (SSSR count). The maximum Gasteiger partial charge on any atom is 0.165 e. The van der Waals surface area contributed by atoms with Crippen LogP contribution in [0.15, 0.2) is 120 Å². The van der Waals surface area contributed by atoms with Crippen molar-refractivity contribution in [2.45, 2.75) is 0 Å². The number of furan rings is 1. The molecule has 5 heteroatoms. The first-order valence-electron chi connectivity index (χ1n) is 14.4. The summed E-state index contributed by atoms with van der Waals surface area (Å²) in [4.78, 5) is 10.3. The monoisotopic (exact) mass is 565 g/mol. The predicted molar refractivity (Wildman–Crippen MR) is 180 cm³/mol. The molecule has 0 aliphatic heterocycles. The van der Waals surface area contributed by atoms with Gasteiger partial charge in [0.1, 0.15) is 16.7 Å². The van der Waals surface area contributed by atoms with Crippen molar-refractivity contribution in [1.29, 1.82) is 0 Å². The molecule has 0 aliphatic rings. The summed E-state index contributed by atoms with van der Waals surface area (Å²) in [7, 11) is 0. The molecule has 5 heterocycles. The van der Waals surface area contributed by atoms with Gasteiger partial charge in [-0.15, -0.1) is 11.3 Å². The summed E-state index contributed by atoms with van der Waals surface area (Å²) >= 11 is 1.86. The topological polar surface area (TPSA) is 43.3 Å². The van der Waals surface area contributed by atoms with Crippen LogP contribution < -0.4 is 0 Å². The molecule has 0 fully saturated rings. The van der Waals surface area contributed by atoms with Gasteiger partial charge >= 0.3 is 0 Å². The van der Waals surface area contributed by atoms with Gasteiger partial charge in [0.15, 0.2) is 5.65 Å². The van der Waals surface area contributed by atoms with Gasteiger partial charge in [-0.3, -0.25) is 4.40 Å². The third-order valence-electron chi connectivity index (χ3n) is 9.11. The summed E-state index contributed by atoms with van der Waals surface area (Å²) in [6.45, 7) is 0. The zero-order valence-electron chi connectivity index (χ0n) is 22.6.